The highest BCUT2D eigenvalue weighted by Gasteiger charge is 2.45. The molecular formula is C59H57ClF2N10O6S. The molecule has 0 saturated carbocycles. The largest absolute Gasteiger partial charge is 0.489 e. The Balaban J connectivity index is 0.873. The number of fused-ring (bicyclic) bond motifs is 5. The minimum absolute atomic E-state index is 0.0146. The topological polar surface area (TPSA) is 204 Å². The molecule has 2 atom stereocenters. The number of carbonyl (C=O) groups excluding carboxylic acids is 3. The molecule has 2 N–H and O–H groups in total. The number of cyclic esters (lactones) is 1. The van der Waals surface area contributed by atoms with E-state index < -0.39 is 23.6 Å². The van der Waals surface area contributed by atoms with E-state index in [0.29, 0.717) is 60.0 Å². The Morgan fingerprint density at radius 3 is 2.57 bits per heavy atom. The third-order valence-corrected chi connectivity index (χ3v) is 17.9. The van der Waals surface area contributed by atoms with Crippen LogP contribution in [0.1, 0.15) is 88.6 Å². The number of thiophene rings is 1. The Hall–Kier alpha value is -7.71. The minimum atomic E-state index is -0.827. The summed E-state index contributed by atoms with van der Waals surface area (Å²) in [6.45, 7) is 10.9. The van der Waals surface area contributed by atoms with Crippen molar-refractivity contribution in [1.29, 1.82) is 10.5 Å². The predicted molar refractivity (Wildman–Crippen MR) is 298 cm³/mol. The van der Waals surface area contributed by atoms with E-state index >= 15 is 8.78 Å². The average molecular weight is 1110 g/mol. The maximum Gasteiger partial charge on any atom is 0.319 e. The molecule has 8 heterocycles. The second kappa shape index (κ2) is 21.5. The van der Waals surface area contributed by atoms with Gasteiger partial charge in [0, 0.05) is 46.9 Å². The summed E-state index contributed by atoms with van der Waals surface area (Å²) in [5, 5.41) is 21.6. The molecule has 20 heteroatoms. The molecule has 0 aliphatic carbocycles. The van der Waals surface area contributed by atoms with Crippen LogP contribution in [0.3, 0.4) is 0 Å². The van der Waals surface area contributed by atoms with Crippen LogP contribution in [0.25, 0.3) is 48.7 Å². The van der Waals surface area contributed by atoms with Gasteiger partial charge in [-0.25, -0.2) is 13.8 Å². The Morgan fingerprint density at radius 1 is 1.05 bits per heavy atom. The summed E-state index contributed by atoms with van der Waals surface area (Å²) in [6, 6.07) is 13.3. The van der Waals surface area contributed by atoms with Crippen molar-refractivity contribution in [2.45, 2.75) is 90.8 Å². The lowest BCUT2D eigenvalue weighted by Crippen LogP contribution is -2.56. The number of pyridine rings is 1. The number of aromatic nitrogens is 3. The molecule has 3 aromatic carbocycles. The number of anilines is 2. The number of ether oxygens (including phenoxy) is 3. The number of nitriles is 2. The van der Waals surface area contributed by atoms with Crippen molar-refractivity contribution in [3.8, 4) is 35.0 Å². The van der Waals surface area contributed by atoms with Crippen molar-refractivity contribution in [3.63, 3.8) is 0 Å². The van der Waals surface area contributed by atoms with Crippen molar-refractivity contribution in [3.05, 3.63) is 104 Å². The zero-order valence-electron chi connectivity index (χ0n) is 44.3. The van der Waals surface area contributed by atoms with Gasteiger partial charge in [-0.3, -0.25) is 19.3 Å². The van der Waals surface area contributed by atoms with Crippen molar-refractivity contribution in [2.75, 3.05) is 63.2 Å². The third-order valence-electron chi connectivity index (χ3n) is 16.5. The number of hydrogen-bond acceptors (Lipinski definition) is 15. The number of esters is 1. The van der Waals surface area contributed by atoms with Gasteiger partial charge in [-0.15, -0.1) is 11.3 Å². The number of allylic oxidation sites excluding steroid dienone is 2. The molecule has 2 amide bonds. The molecule has 5 aliphatic rings. The quantitative estimate of drug-likeness (QED) is 0.0613. The van der Waals surface area contributed by atoms with E-state index in [-0.39, 0.29) is 110 Å². The third kappa shape index (κ3) is 9.25. The summed E-state index contributed by atoms with van der Waals surface area (Å²) in [7, 11) is 0. The maximum absolute atomic E-state index is 17.6. The Kier molecular flexibility index (Phi) is 14.5. The molecular weight excluding hydrogens is 1050 g/mol. The molecule has 0 spiro atoms. The number of hydrogen-bond donors (Lipinski definition) is 1. The van der Waals surface area contributed by atoms with Gasteiger partial charge >= 0.3 is 12.0 Å². The van der Waals surface area contributed by atoms with Crippen LogP contribution in [0.4, 0.5) is 19.6 Å². The number of nitrogens with zero attached hydrogens (tertiary/aromatic N) is 9. The van der Waals surface area contributed by atoms with Gasteiger partial charge in [0.2, 0.25) is 6.41 Å². The number of aryl methyl sites for hydroxylation is 1. The number of nitrogen functional groups attached to an aromatic ring is 1. The van der Waals surface area contributed by atoms with E-state index in [2.05, 4.69) is 22.0 Å². The zero-order chi connectivity index (χ0) is 55.4. The van der Waals surface area contributed by atoms with Crippen LogP contribution in [-0.4, -0.2) is 112 Å². The van der Waals surface area contributed by atoms with Crippen molar-refractivity contribution in [1.82, 2.24) is 29.7 Å². The van der Waals surface area contributed by atoms with E-state index in [0.717, 1.165) is 84.2 Å². The van der Waals surface area contributed by atoms with Crippen molar-refractivity contribution >= 4 is 89.6 Å². The van der Waals surface area contributed by atoms with Crippen LogP contribution < -0.4 is 20.1 Å². The first-order valence-corrected chi connectivity index (χ1v) is 27.9. The standard InChI is InChI=1S/C59H57ClF2N10O6S/c1-5-33(29-76-35-10-13-46-40(22-35)36(6-2)43-27-70(31-73)47(51(43)66-46)24-39-32(4)28-77-57(75)37(39)7-3)56(74)72-21-20-69(26-34(72)14-17-63)55-41-23-44(60)49(38-11-12-45(61)53-48(38)42(25-64)54(65)79-53)50(62)52(41)67-58(68-55)78-30-59-15-8-18-71(59)19-9-16-59/h5,10-13,22-24,31,34,37H,6-9,14-16,18-21,26-30,65H2,1-4H3/b33-5+,47-24-/t34-,37?/m0/s1. The lowest BCUT2D eigenvalue weighted by Gasteiger charge is -2.41. The van der Waals surface area contributed by atoms with Crippen LogP contribution >= 0.6 is 22.9 Å². The number of amides is 2. The summed E-state index contributed by atoms with van der Waals surface area (Å²) in [4.78, 5) is 62.2. The summed E-state index contributed by atoms with van der Waals surface area (Å²) in [5.41, 5.74) is 12.0. The molecule has 5 aliphatic heterocycles. The second-order valence-electron chi connectivity index (χ2n) is 20.8. The van der Waals surface area contributed by atoms with Crippen LogP contribution in [0.15, 0.2) is 65.3 Å². The minimum Gasteiger partial charge on any atom is -0.489 e. The molecule has 0 bridgehead atoms. The second-order valence-corrected chi connectivity index (χ2v) is 22.3. The summed E-state index contributed by atoms with van der Waals surface area (Å²) < 4.78 is 51.1. The van der Waals surface area contributed by atoms with Crippen LogP contribution in [0.5, 0.6) is 11.8 Å². The van der Waals surface area contributed by atoms with E-state index in [1.54, 1.807) is 34.9 Å². The number of piperazine rings is 1. The molecule has 0 radical (unpaired) electrons. The van der Waals surface area contributed by atoms with Gasteiger partial charge < -0.3 is 34.6 Å². The SMILES string of the molecule is C/C=C(\COc1ccc2nc3c(c(CC)c2c1)CN(C=O)/C3=C\C1=C(C)COC(=O)C1CC)C(=O)N1CCN(c2nc(OCC34CCCN3CCC4)nc3c(F)c(-c4ccc(F)c5sc(N)c(C#N)c45)c(Cl)cc23)C[C@@H]1CC#N. The molecule has 3 saturated heterocycles. The molecule has 3 aromatic heterocycles. The average Bonchev–Trinajstić information content (AvgIpc) is 4.43. The number of carbonyl (C=O) groups is 3. The van der Waals surface area contributed by atoms with E-state index in [4.69, 9.17) is 41.5 Å². The first-order chi connectivity index (χ1) is 38.2. The number of benzene rings is 3. The highest BCUT2D eigenvalue weighted by atomic mass is 35.5. The van der Waals surface area contributed by atoms with Gasteiger partial charge in [-0.2, -0.15) is 20.5 Å². The van der Waals surface area contributed by atoms with Crippen LogP contribution in [-0.2, 0) is 32.1 Å². The molecule has 11 rings (SSSR count). The first-order valence-electron chi connectivity index (χ1n) is 26.7. The van der Waals surface area contributed by atoms with Gasteiger partial charge in [0.1, 0.15) is 53.8 Å². The number of rotatable bonds is 14. The van der Waals surface area contributed by atoms with Crippen LogP contribution in [0, 0.1) is 40.2 Å². The normalized spacial score (nSPS) is 19.8. The predicted octanol–water partition coefficient (Wildman–Crippen LogP) is 10.2. The van der Waals surface area contributed by atoms with Crippen molar-refractivity contribution in [2.24, 2.45) is 5.92 Å². The zero-order valence-corrected chi connectivity index (χ0v) is 45.8. The monoisotopic (exact) mass is 1110 g/mol. The van der Waals surface area contributed by atoms with Gasteiger partial charge in [0.15, 0.2) is 5.82 Å². The maximum atomic E-state index is 17.6. The van der Waals surface area contributed by atoms with Crippen molar-refractivity contribution < 1.29 is 37.4 Å². The highest BCUT2D eigenvalue weighted by Crippen LogP contribution is 2.47. The molecule has 3 fully saturated rings. The summed E-state index contributed by atoms with van der Waals surface area (Å²) in [6.07, 6.45) is 9.53. The summed E-state index contributed by atoms with van der Waals surface area (Å²) >= 11 is 7.94. The van der Waals surface area contributed by atoms with Gasteiger partial charge in [0.05, 0.1) is 74.3 Å². The molecule has 6 aromatic rings. The Bertz CT molecular complexity index is 3730. The molecule has 16 nitrogen and oxygen atoms in total. The van der Waals surface area contributed by atoms with Gasteiger partial charge in [-0.1, -0.05) is 37.6 Å². The molecule has 1 unspecified atom stereocenters. The smallest absolute Gasteiger partial charge is 0.319 e. The van der Waals surface area contributed by atoms with Crippen LogP contribution in [0.2, 0.25) is 5.02 Å². The Morgan fingerprint density at radius 2 is 1.85 bits per heavy atom. The fourth-order valence-corrected chi connectivity index (χ4v) is 13.7. The highest BCUT2D eigenvalue weighted by molar-refractivity contribution is 7.23. The fraction of sp³-hybridized carbons (Fsp3) is 0.390. The molecule has 79 heavy (non-hydrogen) atoms. The lowest BCUT2D eigenvalue weighted by molar-refractivity contribution is -0.147. The fourth-order valence-electron chi connectivity index (χ4n) is 12.5. The number of nitrogens with two attached hydrogens (primary N) is 1. The first kappa shape index (κ1) is 53.3. The van der Waals surface area contributed by atoms with E-state index in [1.165, 1.54) is 12.1 Å². The Labute approximate surface area is 464 Å². The van der Waals surface area contributed by atoms with E-state index in [1.807, 2.05) is 43.9 Å². The van der Waals surface area contributed by atoms with Gasteiger partial charge in [0.25, 0.3) is 5.91 Å². The number of halogens is 3. The van der Waals surface area contributed by atoms with Gasteiger partial charge in [-0.05, 0) is 124 Å². The van der Waals surface area contributed by atoms with E-state index in [9.17, 15) is 24.9 Å². The summed E-state index contributed by atoms with van der Waals surface area (Å²) in [5.74, 6) is -1.66. The lowest BCUT2D eigenvalue weighted by atomic mass is 9.89. The molecule has 406 valence electrons.